The van der Waals surface area contributed by atoms with Crippen molar-refractivity contribution in [3.8, 4) is 0 Å². The molecule has 0 bridgehead atoms. The molecular weight excluding hydrogens is 305 g/mol. The molecule has 0 spiro atoms. The largest absolute Gasteiger partial charge is 0.336 e. The number of hydrogen-bond donors (Lipinski definition) is 1. The van der Waals surface area contributed by atoms with Crippen LogP contribution in [0.4, 0.5) is 4.39 Å². The van der Waals surface area contributed by atoms with Gasteiger partial charge in [0, 0.05) is 44.3 Å². The molecule has 2 fully saturated rings. The zero-order valence-corrected chi connectivity index (χ0v) is 13.7. The van der Waals surface area contributed by atoms with E-state index in [0.29, 0.717) is 11.6 Å². The van der Waals surface area contributed by atoms with E-state index in [-0.39, 0.29) is 24.1 Å². The van der Waals surface area contributed by atoms with E-state index < -0.39 is 0 Å². The third kappa shape index (κ3) is 3.59. The second kappa shape index (κ2) is 7.40. The minimum atomic E-state index is -0.348. The summed E-state index contributed by atoms with van der Waals surface area (Å²) in [5.74, 6) is -0.393. The molecule has 2 saturated heterocycles. The molecular formula is C16H23ClFN3O. The number of carbonyl (C=O) groups is 1. The number of nitrogens with one attached hydrogen (secondary N) is 1. The lowest BCUT2D eigenvalue weighted by molar-refractivity contribution is 0.0582. The molecule has 1 aromatic carbocycles. The molecule has 1 aromatic rings. The molecule has 0 aromatic heterocycles. The molecule has 2 aliphatic heterocycles. The van der Waals surface area contributed by atoms with Crippen molar-refractivity contribution in [2.24, 2.45) is 0 Å². The maximum Gasteiger partial charge on any atom is 0.254 e. The molecule has 0 radical (unpaired) electrons. The summed E-state index contributed by atoms with van der Waals surface area (Å²) in [6.07, 6.45) is 1.19. The highest BCUT2D eigenvalue weighted by Gasteiger charge is 2.28. The number of benzene rings is 1. The first-order chi connectivity index (χ1) is 10.1. The smallest absolute Gasteiger partial charge is 0.254 e. The van der Waals surface area contributed by atoms with Crippen LogP contribution in [-0.2, 0) is 0 Å². The maximum absolute atomic E-state index is 13.4. The second-order valence-electron chi connectivity index (χ2n) is 5.93. The summed E-state index contributed by atoms with van der Waals surface area (Å²) in [7, 11) is 0. The van der Waals surface area contributed by atoms with E-state index in [1.807, 2.05) is 11.8 Å². The van der Waals surface area contributed by atoms with Crippen LogP contribution in [0.3, 0.4) is 0 Å². The fraction of sp³-hybridized carbons (Fsp3) is 0.562. The van der Waals surface area contributed by atoms with Gasteiger partial charge in [-0.1, -0.05) is 6.07 Å². The topological polar surface area (TPSA) is 35.6 Å². The second-order valence-corrected chi connectivity index (χ2v) is 5.93. The van der Waals surface area contributed by atoms with Crippen molar-refractivity contribution in [1.82, 2.24) is 15.1 Å². The van der Waals surface area contributed by atoms with Gasteiger partial charge in [-0.25, -0.2) is 4.39 Å². The third-order valence-corrected chi connectivity index (χ3v) is 4.58. The van der Waals surface area contributed by atoms with Crippen LogP contribution in [0.1, 0.15) is 22.3 Å². The van der Waals surface area contributed by atoms with E-state index in [2.05, 4.69) is 10.2 Å². The van der Waals surface area contributed by atoms with Crippen LogP contribution < -0.4 is 5.32 Å². The van der Waals surface area contributed by atoms with Crippen LogP contribution in [-0.4, -0.2) is 61.0 Å². The third-order valence-electron chi connectivity index (χ3n) is 4.58. The van der Waals surface area contributed by atoms with E-state index in [4.69, 9.17) is 0 Å². The van der Waals surface area contributed by atoms with Gasteiger partial charge >= 0.3 is 0 Å². The van der Waals surface area contributed by atoms with E-state index in [9.17, 15) is 9.18 Å². The molecule has 1 N–H and O–H groups in total. The first-order valence-electron chi connectivity index (χ1n) is 7.65. The standard InChI is InChI=1S/C16H22FN3O.ClH/c1-12-2-3-13(17)10-15(12)16(21)20-8-6-19(7-9-20)14-4-5-18-11-14;/h2-3,10,14,18H,4-9,11H2,1H3;1H. The predicted molar refractivity (Wildman–Crippen MR) is 87.1 cm³/mol. The van der Waals surface area contributed by atoms with Gasteiger partial charge in [0.15, 0.2) is 0 Å². The summed E-state index contributed by atoms with van der Waals surface area (Å²) >= 11 is 0. The summed E-state index contributed by atoms with van der Waals surface area (Å²) in [4.78, 5) is 16.8. The Balaban J connectivity index is 0.00000176. The number of aryl methyl sites for hydroxylation is 1. The lowest BCUT2D eigenvalue weighted by Crippen LogP contribution is -2.52. The highest BCUT2D eigenvalue weighted by Crippen LogP contribution is 2.17. The summed E-state index contributed by atoms with van der Waals surface area (Å²) in [5, 5.41) is 3.38. The predicted octanol–water partition coefficient (Wildman–Crippen LogP) is 1.68. The highest BCUT2D eigenvalue weighted by atomic mass is 35.5. The molecule has 1 amide bonds. The Morgan fingerprint density at radius 3 is 2.64 bits per heavy atom. The average molecular weight is 328 g/mol. The van der Waals surface area contributed by atoms with Crippen molar-refractivity contribution in [1.29, 1.82) is 0 Å². The number of rotatable bonds is 2. The van der Waals surface area contributed by atoms with Crippen LogP contribution in [0, 0.1) is 12.7 Å². The van der Waals surface area contributed by atoms with E-state index in [0.717, 1.165) is 44.8 Å². The highest BCUT2D eigenvalue weighted by molar-refractivity contribution is 5.95. The van der Waals surface area contributed by atoms with Crippen molar-refractivity contribution in [2.45, 2.75) is 19.4 Å². The summed E-state index contributed by atoms with van der Waals surface area (Å²) in [6, 6.07) is 5.03. The molecule has 0 saturated carbocycles. The van der Waals surface area contributed by atoms with Crippen molar-refractivity contribution in [3.63, 3.8) is 0 Å². The Hall–Kier alpha value is -1.17. The fourth-order valence-electron chi connectivity index (χ4n) is 3.24. The number of hydrogen-bond acceptors (Lipinski definition) is 3. The van der Waals surface area contributed by atoms with Gasteiger partial charge in [-0.3, -0.25) is 9.69 Å². The van der Waals surface area contributed by atoms with Crippen LogP contribution in [0.25, 0.3) is 0 Å². The minimum absolute atomic E-state index is 0. The lowest BCUT2D eigenvalue weighted by Gasteiger charge is -2.38. The Bertz CT molecular complexity index is 526. The van der Waals surface area contributed by atoms with Crippen molar-refractivity contribution in [2.75, 3.05) is 39.3 Å². The molecule has 22 heavy (non-hydrogen) atoms. The zero-order valence-electron chi connectivity index (χ0n) is 12.8. The SMILES string of the molecule is Cc1ccc(F)cc1C(=O)N1CCN(C2CCNC2)CC1.Cl. The number of amides is 1. The average Bonchev–Trinajstić information content (AvgIpc) is 3.03. The van der Waals surface area contributed by atoms with Gasteiger partial charge in [0.1, 0.15) is 5.82 Å². The van der Waals surface area contributed by atoms with Crippen LogP contribution >= 0.6 is 12.4 Å². The molecule has 4 nitrogen and oxygen atoms in total. The van der Waals surface area contributed by atoms with E-state index in [1.165, 1.54) is 18.6 Å². The van der Waals surface area contributed by atoms with Crippen LogP contribution in [0.2, 0.25) is 0 Å². The summed E-state index contributed by atoms with van der Waals surface area (Å²) in [6.45, 7) is 7.27. The van der Waals surface area contributed by atoms with E-state index >= 15 is 0 Å². The fourth-order valence-corrected chi connectivity index (χ4v) is 3.24. The van der Waals surface area contributed by atoms with E-state index in [1.54, 1.807) is 6.07 Å². The van der Waals surface area contributed by atoms with Crippen LogP contribution in [0.15, 0.2) is 18.2 Å². The summed E-state index contributed by atoms with van der Waals surface area (Å²) < 4.78 is 13.4. The molecule has 6 heteroatoms. The van der Waals surface area contributed by atoms with Gasteiger partial charge < -0.3 is 10.2 Å². The Labute approximate surface area is 137 Å². The Morgan fingerprint density at radius 1 is 1.27 bits per heavy atom. The maximum atomic E-state index is 13.4. The number of nitrogens with zero attached hydrogens (tertiary/aromatic N) is 2. The van der Waals surface area contributed by atoms with Gasteiger partial charge in [-0.05, 0) is 37.6 Å². The summed E-state index contributed by atoms with van der Waals surface area (Å²) in [5.41, 5.74) is 1.33. The Kier molecular flexibility index (Phi) is 5.78. The molecule has 3 rings (SSSR count). The van der Waals surface area contributed by atoms with Gasteiger partial charge in [0.25, 0.3) is 5.91 Å². The van der Waals surface area contributed by atoms with Crippen molar-refractivity contribution < 1.29 is 9.18 Å². The van der Waals surface area contributed by atoms with Gasteiger partial charge in [0.05, 0.1) is 0 Å². The minimum Gasteiger partial charge on any atom is -0.336 e. The molecule has 2 heterocycles. The molecule has 122 valence electrons. The first kappa shape index (κ1) is 17.2. The molecule has 0 aliphatic carbocycles. The number of carbonyl (C=O) groups excluding carboxylic acids is 1. The van der Waals surface area contributed by atoms with Crippen molar-refractivity contribution >= 4 is 18.3 Å². The first-order valence-corrected chi connectivity index (χ1v) is 7.65. The monoisotopic (exact) mass is 327 g/mol. The van der Waals surface area contributed by atoms with Gasteiger partial charge in [0.2, 0.25) is 0 Å². The van der Waals surface area contributed by atoms with Crippen molar-refractivity contribution in [3.05, 3.63) is 35.1 Å². The molecule has 2 aliphatic rings. The number of halogens is 2. The zero-order chi connectivity index (χ0) is 14.8. The molecule has 1 atom stereocenters. The van der Waals surface area contributed by atoms with Gasteiger partial charge in [-0.2, -0.15) is 0 Å². The van der Waals surface area contributed by atoms with Crippen LogP contribution in [0.5, 0.6) is 0 Å². The Morgan fingerprint density at radius 2 is 2.00 bits per heavy atom. The number of piperazine rings is 1. The lowest BCUT2D eigenvalue weighted by atomic mass is 10.1. The molecule has 1 unspecified atom stereocenters. The normalized spacial score (nSPS) is 22.5. The van der Waals surface area contributed by atoms with Gasteiger partial charge in [-0.15, -0.1) is 12.4 Å². The quantitative estimate of drug-likeness (QED) is 0.897.